The molecule has 0 saturated carbocycles. The highest BCUT2D eigenvalue weighted by molar-refractivity contribution is 5.72. The zero-order valence-corrected chi connectivity index (χ0v) is 9.11. The maximum Gasteiger partial charge on any atom is 0.277 e. The number of ether oxygens (including phenoxy) is 2. The first kappa shape index (κ1) is 9.90. The summed E-state index contributed by atoms with van der Waals surface area (Å²) in [5, 5.41) is 0. The monoisotopic (exact) mass is 225 g/mol. The van der Waals surface area contributed by atoms with E-state index in [0.29, 0.717) is 0 Å². The number of benzene rings is 2. The Morgan fingerprint density at radius 3 is 2.59 bits per heavy atom. The lowest BCUT2D eigenvalue weighted by Gasteiger charge is -2.21. The minimum Gasteiger partial charge on any atom is -0.450 e. The van der Waals surface area contributed by atoms with Gasteiger partial charge in [-0.25, -0.2) is 4.99 Å². The second-order valence-corrected chi connectivity index (χ2v) is 3.66. The summed E-state index contributed by atoms with van der Waals surface area (Å²) in [5.41, 5.74) is 0.834. The van der Waals surface area contributed by atoms with E-state index in [9.17, 15) is 0 Å². The Kier molecular flexibility index (Phi) is 2.50. The van der Waals surface area contributed by atoms with Gasteiger partial charge >= 0.3 is 0 Å². The molecule has 0 spiro atoms. The van der Waals surface area contributed by atoms with Crippen molar-refractivity contribution in [2.45, 2.75) is 6.29 Å². The fourth-order valence-electron chi connectivity index (χ4n) is 1.65. The standard InChI is InChI=1S/C14H11NO2/c1-2-6-11(7-3-1)16-14-10-15-12-8-4-5-9-13(12)17-14/h1-10,14H. The highest BCUT2D eigenvalue weighted by Gasteiger charge is 2.16. The van der Waals surface area contributed by atoms with Crippen LogP contribution in [-0.2, 0) is 0 Å². The highest BCUT2D eigenvalue weighted by Crippen LogP contribution is 2.30. The van der Waals surface area contributed by atoms with Gasteiger partial charge in [0.1, 0.15) is 17.2 Å². The summed E-state index contributed by atoms with van der Waals surface area (Å²) in [6, 6.07) is 17.2. The number of hydrogen-bond acceptors (Lipinski definition) is 3. The lowest BCUT2D eigenvalue weighted by molar-refractivity contribution is 0.0663. The molecule has 2 aromatic carbocycles. The molecule has 1 aliphatic rings. The maximum atomic E-state index is 5.66. The first-order valence-electron chi connectivity index (χ1n) is 5.43. The maximum absolute atomic E-state index is 5.66. The van der Waals surface area contributed by atoms with Crippen LogP contribution in [0.4, 0.5) is 5.69 Å². The van der Waals surface area contributed by atoms with Gasteiger partial charge in [0.05, 0.1) is 6.21 Å². The first-order chi connectivity index (χ1) is 8.42. The third-order valence-corrected chi connectivity index (χ3v) is 2.44. The molecule has 0 aromatic heterocycles. The van der Waals surface area contributed by atoms with Crippen LogP contribution in [-0.4, -0.2) is 12.5 Å². The Balaban J connectivity index is 1.77. The minimum atomic E-state index is -0.465. The molecule has 3 heteroatoms. The lowest BCUT2D eigenvalue weighted by Crippen LogP contribution is -2.27. The Morgan fingerprint density at radius 2 is 1.71 bits per heavy atom. The van der Waals surface area contributed by atoms with Crippen molar-refractivity contribution in [3.63, 3.8) is 0 Å². The van der Waals surface area contributed by atoms with E-state index in [4.69, 9.17) is 9.47 Å². The van der Waals surface area contributed by atoms with Crippen molar-refractivity contribution in [1.82, 2.24) is 0 Å². The van der Waals surface area contributed by atoms with E-state index in [2.05, 4.69) is 4.99 Å². The van der Waals surface area contributed by atoms with E-state index in [1.165, 1.54) is 0 Å². The van der Waals surface area contributed by atoms with Crippen LogP contribution in [0.2, 0.25) is 0 Å². The second kappa shape index (κ2) is 4.29. The van der Waals surface area contributed by atoms with Gasteiger partial charge in [-0.15, -0.1) is 0 Å². The Morgan fingerprint density at radius 1 is 0.941 bits per heavy atom. The van der Waals surface area contributed by atoms with Gasteiger partial charge in [0.25, 0.3) is 6.29 Å². The SMILES string of the molecule is C1=Nc2ccccc2OC1Oc1ccccc1. The van der Waals surface area contributed by atoms with Gasteiger partial charge in [-0.05, 0) is 24.3 Å². The fourth-order valence-corrected chi connectivity index (χ4v) is 1.65. The molecule has 0 N–H and O–H groups in total. The van der Waals surface area contributed by atoms with Gasteiger partial charge in [0.15, 0.2) is 0 Å². The van der Waals surface area contributed by atoms with E-state index in [-0.39, 0.29) is 0 Å². The zero-order valence-electron chi connectivity index (χ0n) is 9.11. The lowest BCUT2D eigenvalue weighted by atomic mass is 10.3. The molecule has 0 aliphatic carbocycles. The van der Waals surface area contributed by atoms with Gasteiger partial charge in [-0.1, -0.05) is 30.3 Å². The predicted octanol–water partition coefficient (Wildman–Crippen LogP) is 3.19. The summed E-state index contributed by atoms with van der Waals surface area (Å²) in [4.78, 5) is 4.30. The third-order valence-electron chi connectivity index (χ3n) is 2.44. The van der Waals surface area contributed by atoms with Crippen molar-refractivity contribution in [2.24, 2.45) is 4.99 Å². The molecule has 0 saturated heterocycles. The van der Waals surface area contributed by atoms with Crippen LogP contribution in [0.5, 0.6) is 11.5 Å². The summed E-state index contributed by atoms with van der Waals surface area (Å²) in [7, 11) is 0. The largest absolute Gasteiger partial charge is 0.450 e. The van der Waals surface area contributed by atoms with Crippen LogP contribution >= 0.6 is 0 Å². The molecule has 0 fully saturated rings. The molecule has 2 aromatic rings. The van der Waals surface area contributed by atoms with Gasteiger partial charge in [0.2, 0.25) is 0 Å². The summed E-state index contributed by atoms with van der Waals surface area (Å²) in [6.07, 6.45) is 1.20. The number of fused-ring (bicyclic) bond motifs is 1. The molecule has 84 valence electrons. The van der Waals surface area contributed by atoms with Crippen molar-refractivity contribution in [1.29, 1.82) is 0 Å². The van der Waals surface area contributed by atoms with Crippen LogP contribution in [0, 0.1) is 0 Å². The number of hydrogen-bond donors (Lipinski definition) is 0. The molecule has 0 amide bonds. The summed E-state index contributed by atoms with van der Waals surface area (Å²) >= 11 is 0. The molecule has 1 heterocycles. The summed E-state index contributed by atoms with van der Waals surface area (Å²) in [5.74, 6) is 1.51. The van der Waals surface area contributed by atoms with Crippen LogP contribution in [0.3, 0.4) is 0 Å². The number of para-hydroxylation sites is 3. The molecule has 0 radical (unpaired) electrons. The normalized spacial score (nSPS) is 17.1. The Hall–Kier alpha value is -2.29. The minimum absolute atomic E-state index is 0.465. The fraction of sp³-hybridized carbons (Fsp3) is 0.0714. The van der Waals surface area contributed by atoms with E-state index in [0.717, 1.165) is 17.2 Å². The van der Waals surface area contributed by atoms with Gasteiger partial charge in [-0.2, -0.15) is 0 Å². The molecule has 3 nitrogen and oxygen atoms in total. The van der Waals surface area contributed by atoms with Crippen molar-refractivity contribution < 1.29 is 9.47 Å². The van der Waals surface area contributed by atoms with Crippen molar-refractivity contribution in [2.75, 3.05) is 0 Å². The summed E-state index contributed by atoms with van der Waals surface area (Å²) in [6.45, 7) is 0. The van der Waals surface area contributed by atoms with Gasteiger partial charge < -0.3 is 9.47 Å². The highest BCUT2D eigenvalue weighted by atomic mass is 16.7. The van der Waals surface area contributed by atoms with E-state index in [1.807, 2.05) is 54.6 Å². The molecule has 17 heavy (non-hydrogen) atoms. The quantitative estimate of drug-likeness (QED) is 0.785. The molecular weight excluding hydrogens is 214 g/mol. The Bertz CT molecular complexity index is 537. The second-order valence-electron chi connectivity index (χ2n) is 3.66. The van der Waals surface area contributed by atoms with Crippen LogP contribution in [0.1, 0.15) is 0 Å². The van der Waals surface area contributed by atoms with Gasteiger partial charge in [0, 0.05) is 0 Å². The molecule has 1 aliphatic heterocycles. The molecular formula is C14H11NO2. The molecule has 3 rings (SSSR count). The first-order valence-corrected chi connectivity index (χ1v) is 5.43. The van der Waals surface area contributed by atoms with Crippen molar-refractivity contribution in [3.8, 4) is 11.5 Å². The third kappa shape index (κ3) is 2.13. The topological polar surface area (TPSA) is 30.8 Å². The van der Waals surface area contributed by atoms with E-state index < -0.39 is 6.29 Å². The number of rotatable bonds is 2. The molecule has 1 unspecified atom stereocenters. The van der Waals surface area contributed by atoms with Crippen LogP contribution in [0.15, 0.2) is 59.6 Å². The predicted molar refractivity (Wildman–Crippen MR) is 66.1 cm³/mol. The Labute approximate surface area is 99.3 Å². The average molecular weight is 225 g/mol. The average Bonchev–Trinajstić information content (AvgIpc) is 2.40. The van der Waals surface area contributed by atoms with Gasteiger partial charge in [-0.3, -0.25) is 0 Å². The van der Waals surface area contributed by atoms with Crippen LogP contribution < -0.4 is 9.47 Å². The van der Waals surface area contributed by atoms with Crippen LogP contribution in [0.25, 0.3) is 0 Å². The molecule has 0 bridgehead atoms. The smallest absolute Gasteiger partial charge is 0.277 e. The zero-order chi connectivity index (χ0) is 11.5. The van der Waals surface area contributed by atoms with Crippen molar-refractivity contribution in [3.05, 3.63) is 54.6 Å². The number of aliphatic imine (C=N–C) groups is 1. The molecule has 1 atom stereocenters. The van der Waals surface area contributed by atoms with E-state index in [1.54, 1.807) is 6.21 Å². The van der Waals surface area contributed by atoms with Crippen molar-refractivity contribution >= 4 is 11.9 Å². The number of nitrogens with zero attached hydrogens (tertiary/aromatic N) is 1. The van der Waals surface area contributed by atoms with E-state index >= 15 is 0 Å². The summed E-state index contributed by atoms with van der Waals surface area (Å²) < 4.78 is 11.3.